The maximum Gasteiger partial charge on any atom is 0.333 e. The molecule has 1 fully saturated rings. The van der Waals surface area contributed by atoms with Crippen molar-refractivity contribution in [3.05, 3.63) is 81.7 Å². The molecule has 1 N–H and O–H groups in total. The van der Waals surface area contributed by atoms with Gasteiger partial charge in [-0.15, -0.1) is 10.2 Å². The fourth-order valence-corrected chi connectivity index (χ4v) is 3.90. The van der Waals surface area contributed by atoms with Crippen LogP contribution in [0.2, 0.25) is 0 Å². The van der Waals surface area contributed by atoms with E-state index in [1.807, 2.05) is 11.0 Å². The Labute approximate surface area is 198 Å². The van der Waals surface area contributed by atoms with E-state index in [-0.39, 0.29) is 11.3 Å². The number of carbonyl (C=O) groups is 1. The molecule has 5 rings (SSSR count). The number of aromatic amines is 1. The van der Waals surface area contributed by atoms with E-state index in [0.29, 0.717) is 43.6 Å². The van der Waals surface area contributed by atoms with Crippen LogP contribution in [0.25, 0.3) is 11.5 Å². The second-order valence-electron chi connectivity index (χ2n) is 7.69. The number of amides is 1. The lowest BCUT2D eigenvalue weighted by Crippen LogP contribution is -2.50. The number of anilines is 1. The van der Waals surface area contributed by atoms with Crippen LogP contribution in [0.5, 0.6) is 5.75 Å². The van der Waals surface area contributed by atoms with Crippen molar-refractivity contribution in [3.63, 3.8) is 0 Å². The summed E-state index contributed by atoms with van der Waals surface area (Å²) in [6.45, 7) is 1.76. The number of carbonyl (C=O) groups excluding carboxylic acids is 1. The predicted octanol–water partition coefficient (Wildman–Crippen LogP) is -0.132. The summed E-state index contributed by atoms with van der Waals surface area (Å²) in [4.78, 5) is 48.8. The highest BCUT2D eigenvalue weighted by Crippen LogP contribution is 2.19. The van der Waals surface area contributed by atoms with Crippen LogP contribution in [-0.2, 0) is 0 Å². The zero-order valence-electron chi connectivity index (χ0n) is 18.7. The quantitative estimate of drug-likeness (QED) is 0.417. The van der Waals surface area contributed by atoms with Gasteiger partial charge in [0.2, 0.25) is 0 Å². The van der Waals surface area contributed by atoms with Crippen LogP contribution in [0.15, 0.2) is 64.8 Å². The Hall–Kier alpha value is -4.81. The first kappa shape index (κ1) is 22.0. The first-order chi connectivity index (χ1) is 17.1. The lowest BCUT2D eigenvalue weighted by Gasteiger charge is -2.35. The predicted molar refractivity (Wildman–Crippen MR) is 124 cm³/mol. The van der Waals surface area contributed by atoms with Crippen LogP contribution in [-0.4, -0.2) is 78.6 Å². The fourth-order valence-electron chi connectivity index (χ4n) is 3.90. The largest absolute Gasteiger partial charge is 0.495 e. The zero-order valence-corrected chi connectivity index (χ0v) is 18.7. The maximum atomic E-state index is 13.2. The monoisotopic (exact) mass is 475 g/mol. The number of ether oxygens (including phenoxy) is 1. The molecule has 1 amide bonds. The molecule has 1 aromatic carbocycles. The molecule has 3 aromatic heterocycles. The number of methoxy groups -OCH3 is 1. The van der Waals surface area contributed by atoms with Crippen molar-refractivity contribution in [3.8, 4) is 17.3 Å². The molecule has 13 heteroatoms. The number of nitrogens with zero attached hydrogens (tertiary/aromatic N) is 8. The average Bonchev–Trinajstić information content (AvgIpc) is 3.44. The molecular formula is C22H21N9O4. The Kier molecular flexibility index (Phi) is 5.79. The number of hydrogen-bond acceptors (Lipinski definition) is 9. The highest BCUT2D eigenvalue weighted by atomic mass is 16.5. The van der Waals surface area contributed by atoms with Gasteiger partial charge in [-0.3, -0.25) is 9.59 Å². The Morgan fingerprint density at radius 1 is 1.00 bits per heavy atom. The molecule has 0 radical (unpaired) electrons. The number of piperazine rings is 1. The molecule has 35 heavy (non-hydrogen) atoms. The minimum atomic E-state index is -0.708. The first-order valence-electron chi connectivity index (χ1n) is 10.8. The van der Waals surface area contributed by atoms with E-state index in [1.54, 1.807) is 35.2 Å². The molecule has 0 spiro atoms. The summed E-state index contributed by atoms with van der Waals surface area (Å²) < 4.78 is 7.70. The molecule has 0 unspecified atom stereocenters. The molecular weight excluding hydrogens is 454 g/mol. The standard InChI is InChI=1S/C22H21N9O4/c1-35-17-5-3-2-4-16(17)31-21(33)15(12-24-22(31)34)20(32)29-10-8-28(9-11-29)18-6-7-19(27-26-18)30-14-23-13-25-30/h2-7,12-14H,8-11H2,1H3,(H,24,34). The molecule has 0 atom stereocenters. The number of para-hydroxylation sites is 2. The summed E-state index contributed by atoms with van der Waals surface area (Å²) in [5, 5.41) is 12.4. The van der Waals surface area contributed by atoms with E-state index in [2.05, 4.69) is 25.3 Å². The summed E-state index contributed by atoms with van der Waals surface area (Å²) >= 11 is 0. The van der Waals surface area contributed by atoms with Gasteiger partial charge in [-0.05, 0) is 24.3 Å². The van der Waals surface area contributed by atoms with E-state index in [9.17, 15) is 14.4 Å². The van der Waals surface area contributed by atoms with E-state index in [1.165, 1.54) is 30.6 Å². The summed E-state index contributed by atoms with van der Waals surface area (Å²) in [5.74, 6) is 1.10. The van der Waals surface area contributed by atoms with Crippen LogP contribution in [0.4, 0.5) is 5.82 Å². The molecule has 0 bridgehead atoms. The van der Waals surface area contributed by atoms with Gasteiger partial charge in [0.15, 0.2) is 11.6 Å². The number of benzene rings is 1. The van der Waals surface area contributed by atoms with Crippen molar-refractivity contribution in [2.75, 3.05) is 38.2 Å². The number of aromatic nitrogens is 7. The number of hydrogen-bond donors (Lipinski definition) is 1. The summed E-state index contributed by atoms with van der Waals surface area (Å²) in [7, 11) is 1.44. The van der Waals surface area contributed by atoms with Gasteiger partial charge in [0.05, 0.1) is 12.8 Å². The Balaban J connectivity index is 1.33. The lowest BCUT2D eigenvalue weighted by molar-refractivity contribution is 0.0743. The number of rotatable bonds is 5. The van der Waals surface area contributed by atoms with Crippen LogP contribution < -0.4 is 20.9 Å². The van der Waals surface area contributed by atoms with Crippen molar-refractivity contribution in [2.24, 2.45) is 0 Å². The van der Waals surface area contributed by atoms with Crippen molar-refractivity contribution < 1.29 is 9.53 Å². The van der Waals surface area contributed by atoms with Gasteiger partial charge < -0.3 is 19.5 Å². The van der Waals surface area contributed by atoms with Crippen molar-refractivity contribution in [1.82, 2.24) is 39.4 Å². The minimum Gasteiger partial charge on any atom is -0.495 e. The van der Waals surface area contributed by atoms with Crippen LogP contribution >= 0.6 is 0 Å². The van der Waals surface area contributed by atoms with Gasteiger partial charge in [0.25, 0.3) is 11.5 Å². The second kappa shape index (κ2) is 9.21. The van der Waals surface area contributed by atoms with Crippen molar-refractivity contribution >= 4 is 11.7 Å². The lowest BCUT2D eigenvalue weighted by atomic mass is 10.2. The third-order valence-corrected chi connectivity index (χ3v) is 5.71. The van der Waals surface area contributed by atoms with Gasteiger partial charge in [0, 0.05) is 32.4 Å². The molecule has 178 valence electrons. The zero-order chi connectivity index (χ0) is 24.4. The second-order valence-corrected chi connectivity index (χ2v) is 7.69. The summed E-state index contributed by atoms with van der Waals surface area (Å²) in [5.41, 5.74) is -1.23. The molecule has 1 aliphatic rings. The fraction of sp³-hybridized carbons (Fsp3) is 0.227. The summed E-state index contributed by atoms with van der Waals surface area (Å²) in [6.07, 6.45) is 4.12. The third-order valence-electron chi connectivity index (χ3n) is 5.71. The maximum absolute atomic E-state index is 13.2. The smallest absolute Gasteiger partial charge is 0.333 e. The molecule has 4 aromatic rings. The van der Waals surface area contributed by atoms with E-state index >= 15 is 0 Å². The Bertz CT molecular complexity index is 1450. The van der Waals surface area contributed by atoms with Crippen LogP contribution in [0.1, 0.15) is 10.4 Å². The topological polar surface area (TPSA) is 144 Å². The molecule has 4 heterocycles. The average molecular weight is 475 g/mol. The SMILES string of the molecule is COc1ccccc1-n1c(=O)[nH]cc(C(=O)N2CCN(c3ccc(-n4cncn4)nn3)CC2)c1=O. The molecule has 13 nitrogen and oxygen atoms in total. The molecule has 1 aliphatic heterocycles. The van der Waals surface area contributed by atoms with Gasteiger partial charge in [-0.2, -0.15) is 5.10 Å². The van der Waals surface area contributed by atoms with Gasteiger partial charge >= 0.3 is 5.69 Å². The van der Waals surface area contributed by atoms with E-state index in [0.717, 1.165) is 4.57 Å². The number of H-pyrrole nitrogens is 1. The van der Waals surface area contributed by atoms with Gasteiger partial charge in [-0.1, -0.05) is 12.1 Å². The van der Waals surface area contributed by atoms with Crippen LogP contribution in [0, 0.1) is 0 Å². The first-order valence-corrected chi connectivity index (χ1v) is 10.8. The van der Waals surface area contributed by atoms with Crippen molar-refractivity contribution in [2.45, 2.75) is 0 Å². The van der Waals surface area contributed by atoms with E-state index < -0.39 is 17.2 Å². The highest BCUT2D eigenvalue weighted by Gasteiger charge is 2.26. The number of nitrogens with one attached hydrogen (secondary N) is 1. The molecule has 0 saturated carbocycles. The van der Waals surface area contributed by atoms with E-state index in [4.69, 9.17) is 4.74 Å². The van der Waals surface area contributed by atoms with Gasteiger partial charge in [0.1, 0.15) is 24.0 Å². The Morgan fingerprint density at radius 2 is 1.74 bits per heavy atom. The molecule has 0 aliphatic carbocycles. The highest BCUT2D eigenvalue weighted by molar-refractivity contribution is 5.93. The summed E-state index contributed by atoms with van der Waals surface area (Å²) in [6, 6.07) is 10.2. The Morgan fingerprint density at radius 3 is 2.43 bits per heavy atom. The van der Waals surface area contributed by atoms with Crippen molar-refractivity contribution in [1.29, 1.82) is 0 Å². The third kappa shape index (κ3) is 4.14. The molecule has 1 saturated heterocycles. The van der Waals surface area contributed by atoms with Crippen LogP contribution in [0.3, 0.4) is 0 Å². The minimum absolute atomic E-state index is 0.124. The van der Waals surface area contributed by atoms with Gasteiger partial charge in [-0.25, -0.2) is 19.0 Å². The normalized spacial score (nSPS) is 13.6.